The summed E-state index contributed by atoms with van der Waals surface area (Å²) < 4.78 is 0. The maximum absolute atomic E-state index is 5.20. The van der Waals surface area contributed by atoms with Gasteiger partial charge < -0.3 is 5.32 Å². The molecule has 0 aliphatic carbocycles. The van der Waals surface area contributed by atoms with E-state index in [1.165, 1.54) is 11.1 Å². The highest BCUT2D eigenvalue weighted by molar-refractivity contribution is 5.27. The first kappa shape index (κ1) is 13.8. The minimum atomic E-state index is 0.235. The SMILES string of the molecule is C#CCCCNCc1ccc(C(C)(C)C)cc1. The second-order valence-corrected chi connectivity index (χ2v) is 5.43. The van der Waals surface area contributed by atoms with E-state index in [0.717, 1.165) is 25.9 Å². The average molecular weight is 229 g/mol. The summed E-state index contributed by atoms with van der Waals surface area (Å²) in [6.45, 7) is 8.63. The topological polar surface area (TPSA) is 12.0 Å². The molecule has 1 rings (SSSR count). The van der Waals surface area contributed by atoms with Gasteiger partial charge in [-0.25, -0.2) is 0 Å². The van der Waals surface area contributed by atoms with Gasteiger partial charge in [0.2, 0.25) is 0 Å². The van der Waals surface area contributed by atoms with E-state index >= 15 is 0 Å². The molecule has 0 aliphatic rings. The van der Waals surface area contributed by atoms with Crippen molar-refractivity contribution in [1.82, 2.24) is 5.32 Å². The van der Waals surface area contributed by atoms with Gasteiger partial charge in [0, 0.05) is 13.0 Å². The Labute approximate surface area is 106 Å². The molecule has 0 spiro atoms. The first-order valence-corrected chi connectivity index (χ1v) is 6.27. The van der Waals surface area contributed by atoms with E-state index in [4.69, 9.17) is 6.42 Å². The maximum atomic E-state index is 5.20. The van der Waals surface area contributed by atoms with E-state index in [9.17, 15) is 0 Å². The second kappa shape index (κ2) is 6.47. The molecule has 17 heavy (non-hydrogen) atoms. The molecule has 0 saturated carbocycles. The zero-order valence-corrected chi connectivity index (χ0v) is 11.2. The number of rotatable bonds is 5. The molecule has 1 aromatic carbocycles. The van der Waals surface area contributed by atoms with E-state index < -0.39 is 0 Å². The van der Waals surface area contributed by atoms with Crippen LogP contribution in [0.25, 0.3) is 0 Å². The normalized spacial score (nSPS) is 11.2. The largest absolute Gasteiger partial charge is 0.313 e. The van der Waals surface area contributed by atoms with Gasteiger partial charge in [0.25, 0.3) is 0 Å². The molecule has 0 unspecified atom stereocenters. The third-order valence-corrected chi connectivity index (χ3v) is 2.82. The Morgan fingerprint density at radius 3 is 2.35 bits per heavy atom. The molecule has 1 nitrogen and oxygen atoms in total. The summed E-state index contributed by atoms with van der Waals surface area (Å²) >= 11 is 0. The Morgan fingerprint density at radius 1 is 1.18 bits per heavy atom. The van der Waals surface area contributed by atoms with Crippen LogP contribution in [0, 0.1) is 12.3 Å². The van der Waals surface area contributed by atoms with Crippen LogP contribution in [0.4, 0.5) is 0 Å². The molecule has 0 atom stereocenters. The van der Waals surface area contributed by atoms with Crippen LogP contribution in [0.5, 0.6) is 0 Å². The van der Waals surface area contributed by atoms with Crippen LogP contribution in [0.3, 0.4) is 0 Å². The van der Waals surface area contributed by atoms with Crippen molar-refractivity contribution in [3.05, 3.63) is 35.4 Å². The number of hydrogen-bond donors (Lipinski definition) is 1. The second-order valence-electron chi connectivity index (χ2n) is 5.43. The molecular weight excluding hydrogens is 206 g/mol. The van der Waals surface area contributed by atoms with Crippen LogP contribution in [-0.2, 0) is 12.0 Å². The van der Waals surface area contributed by atoms with Crippen LogP contribution >= 0.6 is 0 Å². The zero-order chi connectivity index (χ0) is 12.7. The van der Waals surface area contributed by atoms with Crippen LogP contribution in [0.1, 0.15) is 44.7 Å². The Hall–Kier alpha value is -1.26. The van der Waals surface area contributed by atoms with Gasteiger partial charge in [-0.15, -0.1) is 12.3 Å². The highest BCUT2D eigenvalue weighted by atomic mass is 14.8. The van der Waals surface area contributed by atoms with Crippen molar-refractivity contribution in [2.24, 2.45) is 0 Å². The summed E-state index contributed by atoms with van der Waals surface area (Å²) in [5.41, 5.74) is 2.95. The van der Waals surface area contributed by atoms with Crippen molar-refractivity contribution in [2.75, 3.05) is 6.54 Å². The molecule has 0 fully saturated rings. The fourth-order valence-electron chi connectivity index (χ4n) is 1.67. The molecule has 1 heteroatoms. The van der Waals surface area contributed by atoms with Crippen LogP contribution in [-0.4, -0.2) is 6.54 Å². The van der Waals surface area contributed by atoms with Gasteiger partial charge in [-0.3, -0.25) is 0 Å². The summed E-state index contributed by atoms with van der Waals surface area (Å²) in [4.78, 5) is 0. The molecule has 0 saturated heterocycles. The number of terminal acetylenes is 1. The van der Waals surface area contributed by atoms with Gasteiger partial charge in [0.1, 0.15) is 0 Å². The van der Waals surface area contributed by atoms with Gasteiger partial charge in [-0.05, 0) is 29.5 Å². The molecule has 1 N–H and O–H groups in total. The first-order chi connectivity index (χ1) is 8.04. The Morgan fingerprint density at radius 2 is 1.82 bits per heavy atom. The molecule has 92 valence electrons. The minimum Gasteiger partial charge on any atom is -0.313 e. The Kier molecular flexibility index (Phi) is 5.25. The van der Waals surface area contributed by atoms with Gasteiger partial charge >= 0.3 is 0 Å². The quantitative estimate of drug-likeness (QED) is 0.602. The fourth-order valence-corrected chi connectivity index (χ4v) is 1.67. The third kappa shape index (κ3) is 5.06. The maximum Gasteiger partial charge on any atom is 0.0205 e. The van der Waals surface area contributed by atoms with Crippen LogP contribution < -0.4 is 5.32 Å². The predicted octanol–water partition coefficient (Wildman–Crippen LogP) is 3.49. The average Bonchev–Trinajstić information content (AvgIpc) is 2.28. The first-order valence-electron chi connectivity index (χ1n) is 6.27. The number of benzene rings is 1. The van der Waals surface area contributed by atoms with Crippen molar-refractivity contribution in [3.63, 3.8) is 0 Å². The molecule has 0 radical (unpaired) electrons. The van der Waals surface area contributed by atoms with E-state index in [-0.39, 0.29) is 5.41 Å². The van der Waals surface area contributed by atoms with Crippen LogP contribution in [0.2, 0.25) is 0 Å². The summed E-state index contributed by atoms with van der Waals surface area (Å²) in [5.74, 6) is 2.65. The summed E-state index contributed by atoms with van der Waals surface area (Å²) in [6.07, 6.45) is 7.11. The Balaban J connectivity index is 2.39. The number of nitrogens with one attached hydrogen (secondary N) is 1. The van der Waals surface area contributed by atoms with Crippen molar-refractivity contribution in [1.29, 1.82) is 0 Å². The lowest BCUT2D eigenvalue weighted by atomic mass is 9.87. The summed E-state index contributed by atoms with van der Waals surface area (Å²) in [6, 6.07) is 8.85. The minimum absolute atomic E-state index is 0.235. The smallest absolute Gasteiger partial charge is 0.0205 e. The third-order valence-electron chi connectivity index (χ3n) is 2.82. The Bertz CT molecular complexity index is 362. The van der Waals surface area contributed by atoms with Crippen molar-refractivity contribution < 1.29 is 0 Å². The van der Waals surface area contributed by atoms with E-state index in [1.807, 2.05) is 0 Å². The lowest BCUT2D eigenvalue weighted by Gasteiger charge is -2.19. The van der Waals surface area contributed by atoms with E-state index in [2.05, 4.69) is 56.3 Å². The lowest BCUT2D eigenvalue weighted by molar-refractivity contribution is 0.589. The van der Waals surface area contributed by atoms with Crippen molar-refractivity contribution in [2.45, 2.75) is 45.6 Å². The number of hydrogen-bond acceptors (Lipinski definition) is 1. The van der Waals surface area contributed by atoms with Gasteiger partial charge in [-0.2, -0.15) is 0 Å². The molecule has 0 aromatic heterocycles. The number of unbranched alkanes of at least 4 members (excludes halogenated alkanes) is 1. The van der Waals surface area contributed by atoms with Gasteiger partial charge in [0.15, 0.2) is 0 Å². The van der Waals surface area contributed by atoms with Gasteiger partial charge in [0.05, 0.1) is 0 Å². The molecular formula is C16H23N. The molecule has 0 heterocycles. The van der Waals surface area contributed by atoms with E-state index in [0.29, 0.717) is 0 Å². The summed E-state index contributed by atoms with van der Waals surface area (Å²) in [5, 5.41) is 3.40. The summed E-state index contributed by atoms with van der Waals surface area (Å²) in [7, 11) is 0. The zero-order valence-electron chi connectivity index (χ0n) is 11.2. The van der Waals surface area contributed by atoms with Gasteiger partial charge in [-0.1, -0.05) is 45.0 Å². The molecule has 0 amide bonds. The lowest BCUT2D eigenvalue weighted by Crippen LogP contribution is -2.15. The predicted molar refractivity (Wildman–Crippen MR) is 74.9 cm³/mol. The van der Waals surface area contributed by atoms with Crippen molar-refractivity contribution >= 4 is 0 Å². The van der Waals surface area contributed by atoms with E-state index in [1.54, 1.807) is 0 Å². The molecule has 0 bridgehead atoms. The highest BCUT2D eigenvalue weighted by Crippen LogP contribution is 2.22. The standard InChI is InChI=1S/C16H23N/c1-5-6-7-12-17-13-14-8-10-15(11-9-14)16(2,3)4/h1,8-11,17H,6-7,12-13H2,2-4H3. The van der Waals surface area contributed by atoms with Crippen LogP contribution in [0.15, 0.2) is 24.3 Å². The monoisotopic (exact) mass is 229 g/mol. The molecule has 1 aromatic rings. The fraction of sp³-hybridized carbons (Fsp3) is 0.500. The molecule has 0 aliphatic heterocycles. The highest BCUT2D eigenvalue weighted by Gasteiger charge is 2.12. The van der Waals surface area contributed by atoms with Crippen molar-refractivity contribution in [3.8, 4) is 12.3 Å².